The van der Waals surface area contributed by atoms with Gasteiger partial charge in [0.05, 0.1) is 4.92 Å². The predicted octanol–water partition coefficient (Wildman–Crippen LogP) is 3.53. The second-order valence-corrected chi connectivity index (χ2v) is 3.78. The van der Waals surface area contributed by atoms with Crippen LogP contribution in [0.25, 0.3) is 0 Å². The number of halogens is 2. The van der Waals surface area contributed by atoms with Crippen LogP contribution >= 0.6 is 11.6 Å². The molecule has 2 rings (SSSR count). The standard InChI is InChI=1S/C11H7ClFN3O2/c12-10-5-4-9(16(17)18)11(15-10)14-8-3-1-2-7(13)6-8/h1-6H,(H,14,15). The number of pyridine rings is 1. The Morgan fingerprint density at radius 3 is 2.78 bits per heavy atom. The lowest BCUT2D eigenvalue weighted by Gasteiger charge is -2.06. The molecule has 0 radical (unpaired) electrons. The first-order valence-electron chi connectivity index (χ1n) is 4.90. The van der Waals surface area contributed by atoms with Crippen LogP contribution in [0, 0.1) is 15.9 Å². The van der Waals surface area contributed by atoms with Crippen LogP contribution in [-0.2, 0) is 0 Å². The lowest BCUT2D eigenvalue weighted by atomic mass is 10.3. The molecule has 1 aromatic carbocycles. The van der Waals surface area contributed by atoms with Crippen molar-refractivity contribution in [3.05, 3.63) is 57.5 Å². The van der Waals surface area contributed by atoms with E-state index in [1.807, 2.05) is 0 Å². The van der Waals surface area contributed by atoms with Gasteiger partial charge in [0.2, 0.25) is 5.82 Å². The summed E-state index contributed by atoms with van der Waals surface area (Å²) in [6.45, 7) is 0. The van der Waals surface area contributed by atoms with Gasteiger partial charge in [-0.2, -0.15) is 0 Å². The lowest BCUT2D eigenvalue weighted by Crippen LogP contribution is -2.00. The highest BCUT2D eigenvalue weighted by molar-refractivity contribution is 6.29. The molecule has 0 bridgehead atoms. The first-order valence-corrected chi connectivity index (χ1v) is 5.27. The van der Waals surface area contributed by atoms with Gasteiger partial charge in [-0.25, -0.2) is 9.37 Å². The molecule has 0 aliphatic carbocycles. The van der Waals surface area contributed by atoms with Crippen LogP contribution in [-0.4, -0.2) is 9.91 Å². The molecule has 0 fully saturated rings. The molecule has 0 aliphatic heterocycles. The van der Waals surface area contributed by atoms with Crippen molar-refractivity contribution in [2.24, 2.45) is 0 Å². The molecule has 2 aromatic rings. The number of hydrogen-bond acceptors (Lipinski definition) is 4. The smallest absolute Gasteiger partial charge is 0.311 e. The molecular weight excluding hydrogens is 261 g/mol. The van der Waals surface area contributed by atoms with E-state index in [0.717, 1.165) is 0 Å². The summed E-state index contributed by atoms with van der Waals surface area (Å²) in [5, 5.41) is 13.6. The number of rotatable bonds is 3. The van der Waals surface area contributed by atoms with Crippen LogP contribution in [0.5, 0.6) is 0 Å². The zero-order chi connectivity index (χ0) is 13.1. The first kappa shape index (κ1) is 12.3. The Labute approximate surface area is 106 Å². The van der Waals surface area contributed by atoms with Gasteiger partial charge in [0, 0.05) is 11.8 Å². The van der Waals surface area contributed by atoms with Crippen LogP contribution in [0.1, 0.15) is 0 Å². The molecule has 0 spiro atoms. The Morgan fingerprint density at radius 1 is 1.33 bits per heavy atom. The normalized spacial score (nSPS) is 10.1. The first-order chi connectivity index (χ1) is 8.56. The molecule has 0 atom stereocenters. The SMILES string of the molecule is O=[N+]([O-])c1ccc(Cl)nc1Nc1cccc(F)c1. The molecule has 5 nitrogen and oxygen atoms in total. The summed E-state index contributed by atoms with van der Waals surface area (Å²) < 4.78 is 13.0. The van der Waals surface area contributed by atoms with E-state index in [4.69, 9.17) is 11.6 Å². The molecule has 0 amide bonds. The second-order valence-electron chi connectivity index (χ2n) is 3.39. The lowest BCUT2D eigenvalue weighted by molar-refractivity contribution is -0.384. The summed E-state index contributed by atoms with van der Waals surface area (Å²) >= 11 is 5.67. The Bertz CT molecular complexity index is 607. The van der Waals surface area contributed by atoms with Crippen molar-refractivity contribution in [3.8, 4) is 0 Å². The topological polar surface area (TPSA) is 68.1 Å². The van der Waals surface area contributed by atoms with Crippen LogP contribution in [0.2, 0.25) is 5.15 Å². The maximum absolute atomic E-state index is 13.0. The Kier molecular flexibility index (Phi) is 3.38. The highest BCUT2D eigenvalue weighted by Crippen LogP contribution is 2.27. The van der Waals surface area contributed by atoms with E-state index in [9.17, 15) is 14.5 Å². The molecular formula is C11H7ClFN3O2. The molecule has 1 heterocycles. The fraction of sp³-hybridized carbons (Fsp3) is 0. The molecule has 1 aromatic heterocycles. The van der Waals surface area contributed by atoms with E-state index in [2.05, 4.69) is 10.3 Å². The van der Waals surface area contributed by atoms with E-state index >= 15 is 0 Å². The largest absolute Gasteiger partial charge is 0.334 e. The van der Waals surface area contributed by atoms with E-state index < -0.39 is 10.7 Å². The fourth-order valence-electron chi connectivity index (χ4n) is 1.37. The highest BCUT2D eigenvalue weighted by atomic mass is 35.5. The summed E-state index contributed by atoms with van der Waals surface area (Å²) in [7, 11) is 0. The predicted molar refractivity (Wildman–Crippen MR) is 65.6 cm³/mol. The quantitative estimate of drug-likeness (QED) is 0.525. The van der Waals surface area contributed by atoms with Gasteiger partial charge in [-0.05, 0) is 24.3 Å². The minimum absolute atomic E-state index is 0.0295. The minimum atomic E-state index is -0.592. The average molecular weight is 268 g/mol. The molecule has 7 heteroatoms. The zero-order valence-corrected chi connectivity index (χ0v) is 9.69. The van der Waals surface area contributed by atoms with Gasteiger partial charge in [0.15, 0.2) is 0 Å². The van der Waals surface area contributed by atoms with Crippen LogP contribution in [0.3, 0.4) is 0 Å². The third-order valence-corrected chi connectivity index (χ3v) is 2.33. The second kappa shape index (κ2) is 4.97. The van der Waals surface area contributed by atoms with Gasteiger partial charge < -0.3 is 5.32 Å². The number of benzene rings is 1. The Hall–Kier alpha value is -2.21. The minimum Gasteiger partial charge on any atom is -0.334 e. The highest BCUT2D eigenvalue weighted by Gasteiger charge is 2.15. The molecule has 0 unspecified atom stereocenters. The zero-order valence-electron chi connectivity index (χ0n) is 8.93. The number of anilines is 2. The third-order valence-electron chi connectivity index (χ3n) is 2.12. The van der Waals surface area contributed by atoms with Crippen LogP contribution < -0.4 is 5.32 Å². The number of nitrogens with one attached hydrogen (secondary N) is 1. The van der Waals surface area contributed by atoms with Crippen molar-refractivity contribution in [2.75, 3.05) is 5.32 Å². The average Bonchev–Trinajstić information content (AvgIpc) is 2.28. The summed E-state index contributed by atoms with van der Waals surface area (Å²) in [6, 6.07) is 8.06. The number of nitrogens with zero attached hydrogens (tertiary/aromatic N) is 2. The van der Waals surface area contributed by atoms with Crippen molar-refractivity contribution in [1.82, 2.24) is 4.98 Å². The van der Waals surface area contributed by atoms with Crippen molar-refractivity contribution in [2.45, 2.75) is 0 Å². The van der Waals surface area contributed by atoms with Crippen LogP contribution in [0.15, 0.2) is 36.4 Å². The fourth-order valence-corrected chi connectivity index (χ4v) is 1.52. The van der Waals surface area contributed by atoms with E-state index in [1.54, 1.807) is 6.07 Å². The van der Waals surface area contributed by atoms with E-state index in [1.165, 1.54) is 30.3 Å². The van der Waals surface area contributed by atoms with Gasteiger partial charge in [-0.3, -0.25) is 10.1 Å². The summed E-state index contributed by atoms with van der Waals surface area (Å²) in [4.78, 5) is 14.0. The number of hydrogen-bond donors (Lipinski definition) is 1. The van der Waals surface area contributed by atoms with Gasteiger partial charge in [-0.1, -0.05) is 17.7 Å². The van der Waals surface area contributed by atoms with Gasteiger partial charge in [0.25, 0.3) is 0 Å². The van der Waals surface area contributed by atoms with Crippen molar-refractivity contribution in [1.29, 1.82) is 0 Å². The molecule has 1 N–H and O–H groups in total. The van der Waals surface area contributed by atoms with Crippen molar-refractivity contribution >= 4 is 28.8 Å². The third kappa shape index (κ3) is 2.72. The monoisotopic (exact) mass is 267 g/mol. The maximum Gasteiger partial charge on any atom is 0.311 e. The molecule has 18 heavy (non-hydrogen) atoms. The Balaban J connectivity index is 2.39. The Morgan fingerprint density at radius 2 is 2.11 bits per heavy atom. The molecule has 0 saturated heterocycles. The van der Waals surface area contributed by atoms with E-state index in [0.29, 0.717) is 5.69 Å². The molecule has 92 valence electrons. The van der Waals surface area contributed by atoms with Gasteiger partial charge in [0.1, 0.15) is 11.0 Å². The molecule has 0 aliphatic rings. The summed E-state index contributed by atoms with van der Waals surface area (Å²) in [5.41, 5.74) is 0.122. The van der Waals surface area contributed by atoms with Crippen molar-refractivity contribution < 1.29 is 9.31 Å². The van der Waals surface area contributed by atoms with E-state index in [-0.39, 0.29) is 16.7 Å². The maximum atomic E-state index is 13.0. The van der Waals surface area contributed by atoms with Crippen LogP contribution in [0.4, 0.5) is 21.6 Å². The molecule has 0 saturated carbocycles. The van der Waals surface area contributed by atoms with Crippen molar-refractivity contribution in [3.63, 3.8) is 0 Å². The van der Waals surface area contributed by atoms with Gasteiger partial charge >= 0.3 is 5.69 Å². The number of aromatic nitrogens is 1. The summed E-state index contributed by atoms with van der Waals surface area (Å²) in [6.07, 6.45) is 0. The summed E-state index contributed by atoms with van der Waals surface area (Å²) in [5.74, 6) is -0.484. The number of nitro groups is 1. The van der Waals surface area contributed by atoms with Gasteiger partial charge in [-0.15, -0.1) is 0 Å².